The molecule has 0 unspecified atom stereocenters. The van der Waals surface area contributed by atoms with Crippen LogP contribution in [-0.4, -0.2) is 34.4 Å². The predicted octanol–water partition coefficient (Wildman–Crippen LogP) is 7.96. The van der Waals surface area contributed by atoms with Crippen molar-refractivity contribution in [3.8, 4) is 11.5 Å². The molecule has 0 heterocycles. The van der Waals surface area contributed by atoms with Crippen LogP contribution in [-0.2, 0) is 9.09 Å². The lowest BCUT2D eigenvalue weighted by atomic mass is 9.75. The lowest BCUT2D eigenvalue weighted by Crippen LogP contribution is -2.35. The number of anilines is 2. The smallest absolute Gasteiger partial charge is 0.258 e. The lowest BCUT2D eigenvalue weighted by Gasteiger charge is -2.41. The SMILES string of the molecule is COc1ccc([C@@H](Nc2ccccc2)[P@@](=O)(O[C@@H]2C[C@H](C)CC[C@@H]2C(C)C)c2ccc(N(C)C)cc2)cc1OC. The van der Waals surface area contributed by atoms with Gasteiger partial charge in [0.25, 0.3) is 7.37 Å². The van der Waals surface area contributed by atoms with Crippen LogP contribution in [0, 0.1) is 17.8 Å². The monoisotopic (exact) mass is 564 g/mol. The van der Waals surface area contributed by atoms with Crippen LogP contribution in [0.25, 0.3) is 0 Å². The summed E-state index contributed by atoms with van der Waals surface area (Å²) >= 11 is 0. The minimum Gasteiger partial charge on any atom is -0.493 e. The molecule has 5 atom stereocenters. The Morgan fingerprint density at radius 3 is 2.17 bits per heavy atom. The second-order valence-electron chi connectivity index (χ2n) is 11.5. The third-order valence-electron chi connectivity index (χ3n) is 8.12. The minimum atomic E-state index is -3.57. The summed E-state index contributed by atoms with van der Waals surface area (Å²) in [5, 5.41) is 4.31. The van der Waals surface area contributed by atoms with E-state index in [-0.39, 0.29) is 6.10 Å². The molecule has 6 nitrogen and oxygen atoms in total. The Hall–Kier alpha value is -2.95. The minimum absolute atomic E-state index is 0.108. The average Bonchev–Trinajstić information content (AvgIpc) is 2.96. The van der Waals surface area contributed by atoms with Crippen molar-refractivity contribution in [2.24, 2.45) is 17.8 Å². The maximum atomic E-state index is 15.7. The summed E-state index contributed by atoms with van der Waals surface area (Å²) in [5.74, 6) is 1.85. The number of methoxy groups -OCH3 is 2. The lowest BCUT2D eigenvalue weighted by molar-refractivity contribution is 0.0488. The number of nitrogens with zero attached hydrogens (tertiary/aromatic N) is 1. The van der Waals surface area contributed by atoms with Gasteiger partial charge >= 0.3 is 0 Å². The summed E-state index contributed by atoms with van der Waals surface area (Å²) in [6.07, 6.45) is 3.04. The molecule has 216 valence electrons. The van der Waals surface area contributed by atoms with E-state index in [1.165, 1.54) is 6.42 Å². The summed E-state index contributed by atoms with van der Waals surface area (Å²) in [6, 6.07) is 23.6. The Morgan fingerprint density at radius 2 is 1.57 bits per heavy atom. The fraction of sp³-hybridized carbons (Fsp3) is 0.455. The molecule has 3 aromatic rings. The van der Waals surface area contributed by atoms with Crippen molar-refractivity contribution in [2.75, 3.05) is 38.5 Å². The van der Waals surface area contributed by atoms with Crippen molar-refractivity contribution in [2.45, 2.75) is 51.9 Å². The summed E-state index contributed by atoms with van der Waals surface area (Å²) in [6.45, 7) is 6.78. The standard InChI is InChI=1S/C33H45N2O4P/c1-23(2)29-19-13-24(3)21-31(29)39-40(36,28-17-15-27(16-18-28)35(4)5)33(34-26-11-9-8-10-12-26)25-14-20-30(37-6)32(22-25)38-7/h8-12,14-18,20,22-24,29,31,33-34H,13,19,21H2,1-7H3/t24-,29-,31-,33+,40+/m1/s1. The quantitative estimate of drug-likeness (QED) is 0.239. The second-order valence-corrected chi connectivity index (χ2v) is 13.9. The van der Waals surface area contributed by atoms with Crippen LogP contribution >= 0.6 is 7.37 Å². The Labute approximate surface area is 240 Å². The van der Waals surface area contributed by atoms with Gasteiger partial charge < -0.3 is 24.2 Å². The zero-order valence-corrected chi connectivity index (χ0v) is 25.9. The average molecular weight is 565 g/mol. The van der Waals surface area contributed by atoms with E-state index in [4.69, 9.17) is 14.0 Å². The fourth-order valence-corrected chi connectivity index (χ4v) is 8.37. The van der Waals surface area contributed by atoms with Gasteiger partial charge in [0.2, 0.25) is 0 Å². The third kappa shape index (κ3) is 6.67. The molecule has 3 aromatic carbocycles. The van der Waals surface area contributed by atoms with E-state index >= 15 is 4.57 Å². The molecule has 0 aliphatic heterocycles. The van der Waals surface area contributed by atoms with Gasteiger partial charge in [-0.25, -0.2) is 0 Å². The Bertz CT molecular complexity index is 1280. The normalized spacial score (nSPS) is 21.4. The van der Waals surface area contributed by atoms with E-state index < -0.39 is 13.2 Å². The first-order chi connectivity index (χ1) is 19.2. The molecule has 7 heteroatoms. The fourth-order valence-electron chi connectivity index (χ4n) is 5.75. The van der Waals surface area contributed by atoms with E-state index in [1.807, 2.05) is 91.8 Å². The highest BCUT2D eigenvalue weighted by Crippen LogP contribution is 2.62. The van der Waals surface area contributed by atoms with Crippen molar-refractivity contribution >= 4 is 24.0 Å². The van der Waals surface area contributed by atoms with E-state index in [0.29, 0.717) is 34.6 Å². The molecule has 40 heavy (non-hydrogen) atoms. The van der Waals surface area contributed by atoms with E-state index in [0.717, 1.165) is 29.8 Å². The van der Waals surface area contributed by atoms with Crippen molar-refractivity contribution in [3.63, 3.8) is 0 Å². The highest BCUT2D eigenvalue weighted by atomic mass is 31.2. The summed E-state index contributed by atoms with van der Waals surface area (Å²) in [5.41, 5.74) is 2.72. The van der Waals surface area contributed by atoms with Crippen LogP contribution in [0.3, 0.4) is 0 Å². The molecule has 0 saturated heterocycles. The van der Waals surface area contributed by atoms with Crippen molar-refractivity contribution in [1.82, 2.24) is 0 Å². The first-order valence-corrected chi connectivity index (χ1v) is 15.9. The molecule has 1 saturated carbocycles. The van der Waals surface area contributed by atoms with Crippen LogP contribution < -0.4 is 25.0 Å². The van der Waals surface area contributed by atoms with Gasteiger partial charge in [0.05, 0.1) is 20.3 Å². The van der Waals surface area contributed by atoms with E-state index in [9.17, 15) is 0 Å². The number of benzene rings is 3. The van der Waals surface area contributed by atoms with Gasteiger partial charge in [-0.3, -0.25) is 4.57 Å². The Balaban J connectivity index is 1.89. The maximum absolute atomic E-state index is 15.7. The molecular weight excluding hydrogens is 519 g/mol. The van der Waals surface area contributed by atoms with E-state index in [2.05, 4.69) is 26.1 Å². The summed E-state index contributed by atoms with van der Waals surface area (Å²) in [4.78, 5) is 2.04. The molecule has 0 aromatic heterocycles. The number of ether oxygens (including phenoxy) is 2. The zero-order chi connectivity index (χ0) is 28.9. The van der Waals surface area contributed by atoms with Gasteiger partial charge in [0.15, 0.2) is 11.5 Å². The first-order valence-electron chi connectivity index (χ1n) is 14.3. The highest BCUT2D eigenvalue weighted by molar-refractivity contribution is 7.67. The largest absolute Gasteiger partial charge is 0.493 e. The molecule has 1 fully saturated rings. The molecule has 0 spiro atoms. The number of rotatable bonds is 11. The van der Waals surface area contributed by atoms with Gasteiger partial charge in [-0.1, -0.05) is 51.5 Å². The van der Waals surface area contributed by atoms with Gasteiger partial charge in [-0.2, -0.15) is 0 Å². The van der Waals surface area contributed by atoms with Gasteiger partial charge in [-0.05, 0) is 84.7 Å². The number of para-hydroxylation sites is 1. The van der Waals surface area contributed by atoms with Gasteiger partial charge in [0.1, 0.15) is 5.78 Å². The van der Waals surface area contributed by atoms with Crippen molar-refractivity contribution < 1.29 is 18.6 Å². The highest BCUT2D eigenvalue weighted by Gasteiger charge is 2.43. The van der Waals surface area contributed by atoms with Crippen LogP contribution in [0.15, 0.2) is 72.8 Å². The summed E-state index contributed by atoms with van der Waals surface area (Å²) < 4.78 is 33.9. The second kappa shape index (κ2) is 13.1. The van der Waals surface area contributed by atoms with Gasteiger partial charge in [0, 0.05) is 30.8 Å². The van der Waals surface area contributed by atoms with Crippen molar-refractivity contribution in [3.05, 3.63) is 78.4 Å². The molecule has 1 aliphatic carbocycles. The molecule has 1 N–H and O–H groups in total. The topological polar surface area (TPSA) is 60.0 Å². The Kier molecular flexibility index (Phi) is 9.86. The number of nitrogens with one attached hydrogen (secondary N) is 1. The molecule has 1 aliphatic rings. The van der Waals surface area contributed by atoms with Crippen LogP contribution in [0.4, 0.5) is 11.4 Å². The van der Waals surface area contributed by atoms with Gasteiger partial charge in [-0.15, -0.1) is 0 Å². The Morgan fingerprint density at radius 1 is 0.900 bits per heavy atom. The maximum Gasteiger partial charge on any atom is 0.258 e. The van der Waals surface area contributed by atoms with Crippen LogP contribution in [0.2, 0.25) is 0 Å². The summed E-state index contributed by atoms with van der Waals surface area (Å²) in [7, 11) is 3.68. The van der Waals surface area contributed by atoms with Crippen LogP contribution in [0.5, 0.6) is 11.5 Å². The molecule has 0 amide bonds. The predicted molar refractivity (Wildman–Crippen MR) is 167 cm³/mol. The van der Waals surface area contributed by atoms with Crippen LogP contribution in [0.1, 0.15) is 51.4 Å². The number of hydrogen-bond donors (Lipinski definition) is 1. The number of hydrogen-bond acceptors (Lipinski definition) is 6. The molecule has 0 radical (unpaired) electrons. The van der Waals surface area contributed by atoms with E-state index in [1.54, 1.807) is 14.2 Å². The van der Waals surface area contributed by atoms with Crippen molar-refractivity contribution in [1.29, 1.82) is 0 Å². The first kappa shape index (κ1) is 30.0. The molecule has 4 rings (SSSR count). The molecule has 0 bridgehead atoms. The zero-order valence-electron chi connectivity index (χ0n) is 25.0. The third-order valence-corrected chi connectivity index (χ3v) is 10.8. The molecular formula is C33H45N2O4P.